The lowest BCUT2D eigenvalue weighted by molar-refractivity contribution is 0.101. The minimum Gasteiger partial charge on any atom is -0.506 e. The lowest BCUT2D eigenvalue weighted by atomic mass is 10.0. The summed E-state index contributed by atoms with van der Waals surface area (Å²) >= 11 is 5.69. The molecule has 0 aliphatic rings. The number of hydrogen-bond donors (Lipinski definition) is 1. The van der Waals surface area contributed by atoms with E-state index in [0.29, 0.717) is 0 Å². The molecule has 0 unspecified atom stereocenters. The Morgan fingerprint density at radius 3 is 1.79 bits per heavy atom. The van der Waals surface area contributed by atoms with Gasteiger partial charge in [-0.3, -0.25) is 9.59 Å². The monoisotopic (exact) mass is 212 g/mol. The van der Waals surface area contributed by atoms with Crippen LogP contribution in [0.5, 0.6) is 5.75 Å². The summed E-state index contributed by atoms with van der Waals surface area (Å²) in [5.41, 5.74) is 0.144. The normalized spacial score (nSPS) is 9.93. The molecule has 1 N–H and O–H groups in total. The molecule has 3 nitrogen and oxygen atoms in total. The Hall–Kier alpha value is -1.35. The zero-order valence-corrected chi connectivity index (χ0v) is 8.55. The maximum Gasteiger partial charge on any atom is 0.163 e. The van der Waals surface area contributed by atoms with Crippen LogP contribution in [0.1, 0.15) is 34.6 Å². The fourth-order valence-electron chi connectivity index (χ4n) is 1.14. The number of rotatable bonds is 2. The van der Waals surface area contributed by atoms with Crippen LogP contribution >= 0.6 is 11.6 Å². The molecule has 0 aliphatic heterocycles. The van der Waals surface area contributed by atoms with Gasteiger partial charge in [-0.25, -0.2) is 0 Å². The molecule has 4 heteroatoms. The number of carbonyl (C=O) groups is 2. The Bertz CT molecular complexity index is 375. The summed E-state index contributed by atoms with van der Waals surface area (Å²) in [5, 5.41) is 9.82. The predicted octanol–water partition coefficient (Wildman–Crippen LogP) is 2.45. The number of benzene rings is 1. The second kappa shape index (κ2) is 3.80. The second-order valence-corrected chi connectivity index (χ2v) is 3.40. The maximum absolute atomic E-state index is 11.1. The van der Waals surface area contributed by atoms with Gasteiger partial charge in [0.25, 0.3) is 0 Å². The molecule has 0 saturated carbocycles. The summed E-state index contributed by atoms with van der Waals surface area (Å²) in [7, 11) is 0. The van der Waals surface area contributed by atoms with E-state index in [0.717, 1.165) is 0 Å². The first kappa shape index (κ1) is 10.7. The third kappa shape index (κ3) is 1.93. The standard InChI is InChI=1S/C10H9ClO3/c1-5(12)8-3-7(11)4-9(6(2)13)10(8)14/h3-4,14H,1-2H3. The third-order valence-corrected chi connectivity index (χ3v) is 2.05. The minimum atomic E-state index is -0.326. The highest BCUT2D eigenvalue weighted by Gasteiger charge is 2.15. The van der Waals surface area contributed by atoms with Gasteiger partial charge in [-0.2, -0.15) is 0 Å². The number of halogens is 1. The summed E-state index contributed by atoms with van der Waals surface area (Å²) in [6.45, 7) is 2.60. The first-order chi connectivity index (χ1) is 6.43. The van der Waals surface area contributed by atoms with Crippen molar-refractivity contribution >= 4 is 23.2 Å². The van der Waals surface area contributed by atoms with Crippen molar-refractivity contribution in [2.45, 2.75) is 13.8 Å². The van der Waals surface area contributed by atoms with Crippen molar-refractivity contribution in [1.82, 2.24) is 0 Å². The number of hydrogen-bond acceptors (Lipinski definition) is 3. The molecule has 0 spiro atoms. The van der Waals surface area contributed by atoms with Gasteiger partial charge in [0.2, 0.25) is 0 Å². The quantitative estimate of drug-likeness (QED) is 0.767. The SMILES string of the molecule is CC(=O)c1cc(Cl)cc(C(C)=O)c1O. The molecule has 0 fully saturated rings. The molecule has 0 aromatic heterocycles. The highest BCUT2D eigenvalue weighted by atomic mass is 35.5. The van der Waals surface area contributed by atoms with Gasteiger partial charge >= 0.3 is 0 Å². The van der Waals surface area contributed by atoms with Crippen LogP contribution in [0.4, 0.5) is 0 Å². The summed E-state index contributed by atoms with van der Waals surface area (Å²) < 4.78 is 0. The summed E-state index contributed by atoms with van der Waals surface area (Å²) in [5.74, 6) is -0.950. The number of aromatic hydroxyl groups is 1. The molecular weight excluding hydrogens is 204 g/mol. The Morgan fingerprint density at radius 1 is 1.14 bits per heavy atom. The fraction of sp³-hybridized carbons (Fsp3) is 0.200. The Labute approximate surface area is 86.3 Å². The molecule has 0 radical (unpaired) electrons. The molecule has 1 rings (SSSR count). The van der Waals surface area contributed by atoms with Crippen LogP contribution in [0.15, 0.2) is 12.1 Å². The van der Waals surface area contributed by atoms with Gasteiger partial charge in [-0.05, 0) is 26.0 Å². The van der Waals surface area contributed by atoms with Gasteiger partial charge in [0, 0.05) is 5.02 Å². The topological polar surface area (TPSA) is 54.4 Å². The first-order valence-electron chi connectivity index (χ1n) is 3.98. The molecule has 0 atom stereocenters. The molecule has 0 heterocycles. The van der Waals surface area contributed by atoms with Gasteiger partial charge in [-0.15, -0.1) is 0 Å². The average molecular weight is 213 g/mol. The Morgan fingerprint density at radius 2 is 1.50 bits per heavy atom. The van der Waals surface area contributed by atoms with Crippen molar-refractivity contribution in [3.8, 4) is 5.75 Å². The van der Waals surface area contributed by atoms with Crippen molar-refractivity contribution in [2.75, 3.05) is 0 Å². The molecule has 1 aromatic rings. The van der Waals surface area contributed by atoms with E-state index in [1.807, 2.05) is 0 Å². The van der Waals surface area contributed by atoms with Crippen molar-refractivity contribution in [1.29, 1.82) is 0 Å². The summed E-state index contributed by atoms with van der Waals surface area (Å²) in [6, 6.07) is 2.68. The van der Waals surface area contributed by atoms with Crippen LogP contribution in [0.3, 0.4) is 0 Å². The third-order valence-electron chi connectivity index (χ3n) is 1.83. The van der Waals surface area contributed by atoms with E-state index in [-0.39, 0.29) is 33.5 Å². The molecule has 0 aliphatic carbocycles. The van der Waals surface area contributed by atoms with E-state index in [1.165, 1.54) is 26.0 Å². The summed E-state index contributed by atoms with van der Waals surface area (Å²) in [4.78, 5) is 22.1. The molecule has 14 heavy (non-hydrogen) atoms. The highest BCUT2D eigenvalue weighted by Crippen LogP contribution is 2.27. The molecule has 0 saturated heterocycles. The van der Waals surface area contributed by atoms with Gasteiger partial charge in [0.15, 0.2) is 11.6 Å². The van der Waals surface area contributed by atoms with E-state index in [9.17, 15) is 14.7 Å². The predicted molar refractivity (Wildman–Crippen MR) is 53.1 cm³/mol. The number of phenols is 1. The number of ketones is 2. The van der Waals surface area contributed by atoms with Crippen molar-refractivity contribution < 1.29 is 14.7 Å². The molecule has 1 aromatic carbocycles. The van der Waals surface area contributed by atoms with Gasteiger partial charge in [0.1, 0.15) is 5.75 Å². The van der Waals surface area contributed by atoms with Gasteiger partial charge < -0.3 is 5.11 Å². The number of Topliss-reactive ketones (excluding diaryl/α,β-unsaturated/α-hetero) is 2. The first-order valence-corrected chi connectivity index (χ1v) is 4.35. The molecule has 74 valence electrons. The molecule has 0 amide bonds. The van der Waals surface area contributed by atoms with E-state index in [1.54, 1.807) is 0 Å². The van der Waals surface area contributed by atoms with E-state index in [4.69, 9.17) is 11.6 Å². The van der Waals surface area contributed by atoms with Crippen LogP contribution in [-0.4, -0.2) is 16.7 Å². The van der Waals surface area contributed by atoms with Crippen LogP contribution in [0.25, 0.3) is 0 Å². The second-order valence-electron chi connectivity index (χ2n) is 2.96. The maximum atomic E-state index is 11.1. The van der Waals surface area contributed by atoms with Crippen molar-refractivity contribution in [2.24, 2.45) is 0 Å². The largest absolute Gasteiger partial charge is 0.506 e. The zero-order chi connectivity index (χ0) is 10.9. The van der Waals surface area contributed by atoms with E-state index >= 15 is 0 Å². The molecular formula is C10H9ClO3. The van der Waals surface area contributed by atoms with Crippen molar-refractivity contribution in [3.63, 3.8) is 0 Å². The highest BCUT2D eigenvalue weighted by molar-refractivity contribution is 6.31. The lowest BCUT2D eigenvalue weighted by Crippen LogP contribution is -1.99. The smallest absolute Gasteiger partial charge is 0.163 e. The van der Waals surface area contributed by atoms with Crippen LogP contribution in [0.2, 0.25) is 5.02 Å². The van der Waals surface area contributed by atoms with Gasteiger partial charge in [-0.1, -0.05) is 11.6 Å². The number of phenolic OH excluding ortho intramolecular Hbond substituents is 1. The minimum absolute atomic E-state index is 0.0719. The summed E-state index contributed by atoms with van der Waals surface area (Å²) in [6.07, 6.45) is 0. The Kier molecular flexibility index (Phi) is 2.91. The average Bonchev–Trinajstić information content (AvgIpc) is 2.07. The van der Waals surface area contributed by atoms with Crippen LogP contribution in [-0.2, 0) is 0 Å². The van der Waals surface area contributed by atoms with Crippen LogP contribution in [0, 0.1) is 0 Å². The van der Waals surface area contributed by atoms with E-state index in [2.05, 4.69) is 0 Å². The number of carbonyl (C=O) groups excluding carboxylic acids is 2. The van der Waals surface area contributed by atoms with Crippen LogP contribution < -0.4 is 0 Å². The fourth-order valence-corrected chi connectivity index (χ4v) is 1.35. The lowest BCUT2D eigenvalue weighted by Gasteiger charge is -2.05. The van der Waals surface area contributed by atoms with Crippen molar-refractivity contribution in [3.05, 3.63) is 28.3 Å². The van der Waals surface area contributed by atoms with E-state index < -0.39 is 0 Å². The zero-order valence-electron chi connectivity index (χ0n) is 7.80. The molecule has 0 bridgehead atoms. The van der Waals surface area contributed by atoms with Gasteiger partial charge in [0.05, 0.1) is 11.1 Å². The Balaban J connectivity index is 3.47.